The average molecular weight is 420 g/mol. The molecule has 126 valence electrons. The normalized spacial score (nSPS) is 11.2. The van der Waals surface area contributed by atoms with Crippen molar-refractivity contribution in [2.24, 2.45) is 0 Å². The number of carbonyl (C=O) groups is 1. The molecule has 3 nitrogen and oxygen atoms in total. The first-order valence-electron chi connectivity index (χ1n) is 6.63. The molecule has 2 aromatic rings. The Morgan fingerprint density at radius 2 is 1.92 bits per heavy atom. The minimum atomic E-state index is -4.71. The Hall–Kier alpha value is -1.86. The number of benzene rings is 2. The van der Waals surface area contributed by atoms with E-state index in [4.69, 9.17) is 17.0 Å². The van der Waals surface area contributed by atoms with E-state index in [2.05, 4.69) is 21.2 Å². The van der Waals surface area contributed by atoms with Gasteiger partial charge in [-0.1, -0.05) is 33.6 Å². The molecule has 0 aliphatic heterocycles. The molecule has 2 aromatic carbocycles. The molecule has 24 heavy (non-hydrogen) atoms. The topological polar surface area (TPSA) is 53.0 Å². The monoisotopic (exact) mass is 418 g/mol. The van der Waals surface area contributed by atoms with E-state index in [1.807, 2.05) is 0 Å². The maximum absolute atomic E-state index is 13.1. The first kappa shape index (κ1) is 18.5. The van der Waals surface area contributed by atoms with Crippen LogP contribution in [0.25, 0.3) is 0 Å². The van der Waals surface area contributed by atoms with Crippen LogP contribution in [0.4, 0.5) is 18.9 Å². The van der Waals surface area contributed by atoms with E-state index < -0.39 is 23.2 Å². The maximum Gasteiger partial charge on any atom is 0.417 e. The Kier molecular flexibility index (Phi) is 5.35. The third-order valence-electron chi connectivity index (χ3n) is 3.18. The lowest BCUT2D eigenvalue weighted by Gasteiger charge is -2.16. The lowest BCUT2D eigenvalue weighted by Crippen LogP contribution is -2.20. The summed E-state index contributed by atoms with van der Waals surface area (Å²) in [5.41, 5.74) is -0.995. The fourth-order valence-electron chi connectivity index (χ4n) is 2.12. The van der Waals surface area contributed by atoms with Crippen molar-refractivity contribution in [3.63, 3.8) is 0 Å². The molecule has 2 rings (SSSR count). The lowest BCUT2D eigenvalue weighted by atomic mass is 10.0. The Bertz CT molecular complexity index is 821. The van der Waals surface area contributed by atoms with E-state index in [1.165, 1.54) is 19.1 Å². The average Bonchev–Trinajstić information content (AvgIpc) is 2.45. The molecule has 2 N–H and O–H groups in total. The number of rotatable bonds is 3. The summed E-state index contributed by atoms with van der Waals surface area (Å²) in [6, 6.07) is 7.91. The quantitative estimate of drug-likeness (QED) is 0.611. The van der Waals surface area contributed by atoms with E-state index in [0.717, 1.165) is 12.1 Å². The second-order valence-corrected chi connectivity index (χ2v) is 6.25. The number of hydrogen-bond donors (Lipinski definition) is 2. The van der Waals surface area contributed by atoms with Crippen LogP contribution in [-0.2, 0) is 6.18 Å². The van der Waals surface area contributed by atoms with E-state index in [-0.39, 0.29) is 16.4 Å². The van der Waals surface area contributed by atoms with Crippen LogP contribution in [0.3, 0.4) is 0 Å². The van der Waals surface area contributed by atoms with Crippen molar-refractivity contribution in [1.82, 2.24) is 0 Å². The van der Waals surface area contributed by atoms with Crippen LogP contribution in [0.1, 0.15) is 28.4 Å². The molecule has 0 bridgehead atoms. The minimum absolute atomic E-state index is 0.160. The number of nitrogens with one attached hydrogen (secondary N) is 2. The van der Waals surface area contributed by atoms with Gasteiger partial charge in [-0.3, -0.25) is 4.79 Å². The zero-order valence-electron chi connectivity index (χ0n) is 12.3. The third kappa shape index (κ3) is 3.96. The van der Waals surface area contributed by atoms with Gasteiger partial charge in [-0.05, 0) is 37.3 Å². The zero-order chi connectivity index (χ0) is 18.1. The molecule has 0 aliphatic rings. The first-order valence-corrected chi connectivity index (χ1v) is 7.80. The van der Waals surface area contributed by atoms with Crippen molar-refractivity contribution < 1.29 is 18.0 Å². The molecule has 1 amide bonds. The second-order valence-electron chi connectivity index (χ2n) is 4.93. The van der Waals surface area contributed by atoms with Crippen LogP contribution < -0.4 is 5.32 Å². The van der Waals surface area contributed by atoms with Gasteiger partial charge in [-0.2, -0.15) is 13.2 Å². The molecular weight excluding hydrogens is 409 g/mol. The molecule has 0 saturated carbocycles. The van der Waals surface area contributed by atoms with Crippen LogP contribution in [0.2, 0.25) is 5.02 Å². The molecule has 0 unspecified atom stereocenters. The van der Waals surface area contributed by atoms with E-state index in [0.29, 0.717) is 10.0 Å². The van der Waals surface area contributed by atoms with Gasteiger partial charge < -0.3 is 10.7 Å². The molecule has 8 heteroatoms. The van der Waals surface area contributed by atoms with Gasteiger partial charge in [0.1, 0.15) is 0 Å². The summed E-state index contributed by atoms with van der Waals surface area (Å²) in [5, 5.41) is 9.81. The molecular formula is C16H11BrClF3N2O. The summed E-state index contributed by atoms with van der Waals surface area (Å²) in [7, 11) is 0. The summed E-state index contributed by atoms with van der Waals surface area (Å²) in [6.07, 6.45) is -4.71. The highest BCUT2D eigenvalue weighted by atomic mass is 79.9. The molecule has 0 radical (unpaired) electrons. The Morgan fingerprint density at radius 3 is 2.50 bits per heavy atom. The summed E-state index contributed by atoms with van der Waals surface area (Å²) in [6.45, 7) is 1.51. The van der Waals surface area contributed by atoms with Gasteiger partial charge in [0, 0.05) is 15.7 Å². The van der Waals surface area contributed by atoms with E-state index in [1.54, 1.807) is 12.1 Å². The molecule has 0 aliphatic carbocycles. The molecule has 0 spiro atoms. The van der Waals surface area contributed by atoms with Crippen LogP contribution in [-0.4, -0.2) is 11.6 Å². The van der Waals surface area contributed by atoms with Crippen molar-refractivity contribution in [2.45, 2.75) is 13.1 Å². The highest BCUT2D eigenvalue weighted by molar-refractivity contribution is 9.10. The Morgan fingerprint density at radius 1 is 1.25 bits per heavy atom. The number of alkyl halides is 3. The predicted octanol–water partition coefficient (Wildman–Crippen LogP) is 5.76. The lowest BCUT2D eigenvalue weighted by molar-refractivity contribution is -0.137. The van der Waals surface area contributed by atoms with E-state index >= 15 is 0 Å². The second kappa shape index (κ2) is 6.94. The fourth-order valence-corrected chi connectivity index (χ4v) is 2.74. The van der Waals surface area contributed by atoms with Crippen LogP contribution >= 0.6 is 27.5 Å². The molecule has 0 saturated heterocycles. The largest absolute Gasteiger partial charge is 0.417 e. The van der Waals surface area contributed by atoms with Gasteiger partial charge in [-0.25, -0.2) is 0 Å². The number of hydrogen-bond acceptors (Lipinski definition) is 2. The van der Waals surface area contributed by atoms with Gasteiger partial charge in [0.25, 0.3) is 5.91 Å². The first-order chi connectivity index (χ1) is 11.1. The fraction of sp³-hybridized carbons (Fsp3) is 0.125. The van der Waals surface area contributed by atoms with E-state index in [9.17, 15) is 18.0 Å². The molecule has 0 heterocycles. The number of amides is 1. The SMILES string of the molecule is CC(=N)c1ccc(Br)cc1NC(=O)c1c(Cl)cccc1C(F)(F)F. The van der Waals surface area contributed by atoms with Crippen LogP contribution in [0.5, 0.6) is 0 Å². The molecule has 0 atom stereocenters. The Labute approximate surface area is 149 Å². The minimum Gasteiger partial charge on any atom is -0.321 e. The van der Waals surface area contributed by atoms with Crippen molar-refractivity contribution in [3.05, 3.63) is 62.6 Å². The van der Waals surface area contributed by atoms with Gasteiger partial charge in [0.2, 0.25) is 0 Å². The van der Waals surface area contributed by atoms with Gasteiger partial charge >= 0.3 is 6.18 Å². The number of halogens is 5. The number of anilines is 1. The highest BCUT2D eigenvalue weighted by Gasteiger charge is 2.36. The zero-order valence-corrected chi connectivity index (χ0v) is 14.6. The van der Waals surface area contributed by atoms with Crippen LogP contribution in [0.15, 0.2) is 40.9 Å². The summed E-state index contributed by atoms with van der Waals surface area (Å²) < 4.78 is 40.0. The van der Waals surface area contributed by atoms with Crippen molar-refractivity contribution >= 4 is 44.8 Å². The summed E-state index contributed by atoms with van der Waals surface area (Å²) in [5.74, 6) is -0.992. The van der Waals surface area contributed by atoms with Crippen molar-refractivity contribution in [3.8, 4) is 0 Å². The van der Waals surface area contributed by atoms with Gasteiger partial charge in [0.05, 0.1) is 21.8 Å². The van der Waals surface area contributed by atoms with Gasteiger partial charge in [-0.15, -0.1) is 0 Å². The third-order valence-corrected chi connectivity index (χ3v) is 3.99. The maximum atomic E-state index is 13.1. The predicted molar refractivity (Wildman–Crippen MR) is 91.1 cm³/mol. The number of carbonyl (C=O) groups excluding carboxylic acids is 1. The molecule has 0 fully saturated rings. The smallest absolute Gasteiger partial charge is 0.321 e. The van der Waals surface area contributed by atoms with Crippen molar-refractivity contribution in [2.75, 3.05) is 5.32 Å². The Balaban J connectivity index is 2.49. The van der Waals surface area contributed by atoms with Crippen molar-refractivity contribution in [1.29, 1.82) is 5.41 Å². The van der Waals surface area contributed by atoms with Crippen LogP contribution in [0, 0.1) is 5.41 Å². The summed E-state index contributed by atoms with van der Waals surface area (Å²) in [4.78, 5) is 12.4. The summed E-state index contributed by atoms with van der Waals surface area (Å²) >= 11 is 9.04. The van der Waals surface area contributed by atoms with Gasteiger partial charge in [0.15, 0.2) is 0 Å². The standard InChI is InChI=1S/C16H11BrClF3N2O/c1-8(22)10-6-5-9(17)7-13(10)23-15(24)14-11(16(19,20)21)3-2-4-12(14)18/h2-7,22H,1H3,(H,23,24). The molecule has 0 aromatic heterocycles. The highest BCUT2D eigenvalue weighted by Crippen LogP contribution is 2.35.